The predicted molar refractivity (Wildman–Crippen MR) is 81.4 cm³/mol. The molecule has 104 valence electrons. The van der Waals surface area contributed by atoms with Crippen LogP contribution in [0.1, 0.15) is 18.1 Å². The third kappa shape index (κ3) is 3.47. The Balaban J connectivity index is 2.07. The van der Waals surface area contributed by atoms with E-state index < -0.39 is 0 Å². The predicted octanol–water partition coefficient (Wildman–Crippen LogP) is 2.86. The molecule has 1 amide bonds. The van der Waals surface area contributed by atoms with E-state index >= 15 is 0 Å². The van der Waals surface area contributed by atoms with Crippen LogP contribution in [0.3, 0.4) is 0 Å². The van der Waals surface area contributed by atoms with Crippen LogP contribution in [-0.4, -0.2) is 15.7 Å². The molecule has 1 aromatic heterocycles. The molecule has 0 atom stereocenters. The summed E-state index contributed by atoms with van der Waals surface area (Å²) in [6.07, 6.45) is 5.35. The number of benzene rings is 1. The maximum atomic E-state index is 11.1. The highest BCUT2D eigenvalue weighted by Gasteiger charge is 2.03. The van der Waals surface area contributed by atoms with Crippen LogP contribution in [0, 0.1) is 6.92 Å². The second kappa shape index (κ2) is 6.06. The van der Waals surface area contributed by atoms with Gasteiger partial charge < -0.3 is 10.6 Å². The Morgan fingerprint density at radius 3 is 2.95 bits per heavy atom. The highest BCUT2D eigenvalue weighted by molar-refractivity contribution is 5.89. The molecule has 0 aliphatic carbocycles. The molecule has 2 N–H and O–H groups in total. The van der Waals surface area contributed by atoms with Crippen molar-refractivity contribution in [1.29, 1.82) is 0 Å². The molecule has 1 aromatic carbocycles. The lowest BCUT2D eigenvalue weighted by atomic mass is 10.1. The van der Waals surface area contributed by atoms with E-state index in [-0.39, 0.29) is 5.91 Å². The summed E-state index contributed by atoms with van der Waals surface area (Å²) < 4.78 is 1.66. The van der Waals surface area contributed by atoms with Crippen molar-refractivity contribution in [2.45, 2.75) is 20.4 Å². The number of nitrogens with one attached hydrogen (secondary N) is 2. The quantitative estimate of drug-likeness (QED) is 0.878. The van der Waals surface area contributed by atoms with Gasteiger partial charge in [-0.3, -0.25) is 4.79 Å². The Hall–Kier alpha value is -2.56. The van der Waals surface area contributed by atoms with Crippen molar-refractivity contribution in [1.82, 2.24) is 9.78 Å². The summed E-state index contributed by atoms with van der Waals surface area (Å²) >= 11 is 0. The van der Waals surface area contributed by atoms with E-state index in [2.05, 4.69) is 22.3 Å². The van der Waals surface area contributed by atoms with Crippen molar-refractivity contribution in [2.75, 3.05) is 10.6 Å². The van der Waals surface area contributed by atoms with Gasteiger partial charge in [0.2, 0.25) is 5.91 Å². The first-order chi connectivity index (χ1) is 9.58. The summed E-state index contributed by atoms with van der Waals surface area (Å²) in [6, 6.07) is 5.78. The molecule has 2 rings (SSSR count). The van der Waals surface area contributed by atoms with E-state index in [0.29, 0.717) is 6.54 Å². The number of nitrogens with zero attached hydrogens (tertiary/aromatic N) is 2. The van der Waals surface area contributed by atoms with Crippen LogP contribution in [-0.2, 0) is 11.3 Å². The average molecular weight is 270 g/mol. The summed E-state index contributed by atoms with van der Waals surface area (Å²) in [7, 11) is 0. The van der Waals surface area contributed by atoms with Crippen LogP contribution in [0.4, 0.5) is 11.4 Å². The Kier molecular flexibility index (Phi) is 4.20. The molecule has 20 heavy (non-hydrogen) atoms. The molecule has 0 aliphatic heterocycles. The summed E-state index contributed by atoms with van der Waals surface area (Å²) in [5.41, 5.74) is 3.96. The average Bonchev–Trinajstić information content (AvgIpc) is 2.87. The third-order valence-electron chi connectivity index (χ3n) is 2.88. The van der Waals surface area contributed by atoms with Gasteiger partial charge in [0.05, 0.1) is 6.20 Å². The van der Waals surface area contributed by atoms with E-state index in [9.17, 15) is 4.79 Å². The topological polar surface area (TPSA) is 59.0 Å². The van der Waals surface area contributed by atoms with E-state index in [1.54, 1.807) is 17.1 Å². The summed E-state index contributed by atoms with van der Waals surface area (Å²) in [6.45, 7) is 7.84. The maximum absolute atomic E-state index is 11.1. The molecule has 5 nitrogen and oxygen atoms in total. The molecule has 0 bridgehead atoms. The fourth-order valence-corrected chi connectivity index (χ4v) is 1.86. The molecule has 5 heteroatoms. The second-order valence-electron chi connectivity index (χ2n) is 4.58. The number of anilines is 2. The molecular weight excluding hydrogens is 252 g/mol. The van der Waals surface area contributed by atoms with Gasteiger partial charge in [0.1, 0.15) is 0 Å². The van der Waals surface area contributed by atoms with Crippen molar-refractivity contribution >= 4 is 23.5 Å². The van der Waals surface area contributed by atoms with Crippen molar-refractivity contribution in [3.05, 3.63) is 48.3 Å². The molecule has 0 radical (unpaired) electrons. The summed E-state index contributed by atoms with van der Waals surface area (Å²) in [5, 5.41) is 10.2. The van der Waals surface area contributed by atoms with Gasteiger partial charge in [-0.15, -0.1) is 0 Å². The fourth-order valence-electron chi connectivity index (χ4n) is 1.86. The van der Waals surface area contributed by atoms with Crippen LogP contribution in [0.25, 0.3) is 6.20 Å². The molecule has 2 aromatic rings. The lowest BCUT2D eigenvalue weighted by Crippen LogP contribution is -2.07. The zero-order valence-electron chi connectivity index (χ0n) is 11.7. The van der Waals surface area contributed by atoms with Gasteiger partial charge in [-0.1, -0.05) is 12.6 Å². The first kappa shape index (κ1) is 13.9. The Morgan fingerprint density at radius 1 is 1.50 bits per heavy atom. The molecular formula is C15H18N4O. The number of rotatable bonds is 5. The number of aromatic nitrogens is 2. The molecule has 0 saturated heterocycles. The SMILES string of the molecule is C=Cn1cc(CNc2cc(NC(C)=O)ccc2C)cn1. The Morgan fingerprint density at radius 2 is 2.30 bits per heavy atom. The number of carbonyl (C=O) groups is 1. The zero-order valence-corrected chi connectivity index (χ0v) is 11.7. The van der Waals surface area contributed by atoms with Gasteiger partial charge in [0.25, 0.3) is 0 Å². The number of hydrogen-bond acceptors (Lipinski definition) is 3. The van der Waals surface area contributed by atoms with Crippen LogP contribution < -0.4 is 10.6 Å². The van der Waals surface area contributed by atoms with Gasteiger partial charge in [-0.25, -0.2) is 4.68 Å². The lowest BCUT2D eigenvalue weighted by Gasteiger charge is -2.11. The van der Waals surface area contributed by atoms with Crippen molar-refractivity contribution in [2.24, 2.45) is 0 Å². The minimum atomic E-state index is -0.0768. The van der Waals surface area contributed by atoms with E-state index in [4.69, 9.17) is 0 Å². The molecule has 0 saturated carbocycles. The molecule has 1 heterocycles. The fraction of sp³-hybridized carbons (Fsp3) is 0.200. The standard InChI is InChI=1S/C15H18N4O/c1-4-19-10-13(9-17-19)8-16-15-7-14(18-12(3)20)6-5-11(15)2/h4-7,9-10,16H,1,8H2,2-3H3,(H,18,20). The third-order valence-corrected chi connectivity index (χ3v) is 2.88. The zero-order chi connectivity index (χ0) is 14.5. The number of hydrogen-bond donors (Lipinski definition) is 2. The molecule has 0 unspecified atom stereocenters. The van der Waals surface area contributed by atoms with E-state index in [0.717, 1.165) is 22.5 Å². The highest BCUT2D eigenvalue weighted by Crippen LogP contribution is 2.21. The maximum Gasteiger partial charge on any atom is 0.221 e. The Bertz CT molecular complexity index is 631. The first-order valence-electron chi connectivity index (χ1n) is 6.36. The van der Waals surface area contributed by atoms with Crippen LogP contribution in [0.5, 0.6) is 0 Å². The number of carbonyl (C=O) groups excluding carboxylic acids is 1. The van der Waals surface area contributed by atoms with Crippen LogP contribution in [0.15, 0.2) is 37.2 Å². The largest absolute Gasteiger partial charge is 0.381 e. The minimum Gasteiger partial charge on any atom is -0.381 e. The molecule has 0 fully saturated rings. The van der Waals surface area contributed by atoms with Crippen molar-refractivity contribution < 1.29 is 4.79 Å². The van der Waals surface area contributed by atoms with Crippen molar-refractivity contribution in [3.63, 3.8) is 0 Å². The minimum absolute atomic E-state index is 0.0768. The van der Waals surface area contributed by atoms with E-state index in [1.165, 1.54) is 6.92 Å². The number of aryl methyl sites for hydroxylation is 1. The van der Waals surface area contributed by atoms with Gasteiger partial charge in [-0.05, 0) is 24.6 Å². The van der Waals surface area contributed by atoms with Gasteiger partial charge in [0.15, 0.2) is 0 Å². The van der Waals surface area contributed by atoms with Gasteiger partial charge in [-0.2, -0.15) is 5.10 Å². The highest BCUT2D eigenvalue weighted by atomic mass is 16.1. The monoisotopic (exact) mass is 270 g/mol. The summed E-state index contributed by atoms with van der Waals surface area (Å²) in [4.78, 5) is 11.1. The van der Waals surface area contributed by atoms with Crippen LogP contribution >= 0.6 is 0 Å². The first-order valence-corrected chi connectivity index (χ1v) is 6.36. The lowest BCUT2D eigenvalue weighted by molar-refractivity contribution is -0.114. The molecule has 0 spiro atoms. The van der Waals surface area contributed by atoms with Crippen LogP contribution in [0.2, 0.25) is 0 Å². The molecule has 0 aliphatic rings. The summed E-state index contributed by atoms with van der Waals surface area (Å²) in [5.74, 6) is -0.0768. The van der Waals surface area contributed by atoms with E-state index in [1.807, 2.05) is 31.3 Å². The second-order valence-corrected chi connectivity index (χ2v) is 4.58. The van der Waals surface area contributed by atoms with Gasteiger partial charge in [0, 0.05) is 42.8 Å². The number of amides is 1. The van der Waals surface area contributed by atoms with Crippen molar-refractivity contribution in [3.8, 4) is 0 Å². The smallest absolute Gasteiger partial charge is 0.221 e. The Labute approximate surface area is 118 Å². The normalized spacial score (nSPS) is 10.1. The van der Waals surface area contributed by atoms with Gasteiger partial charge >= 0.3 is 0 Å².